The second-order valence-corrected chi connectivity index (χ2v) is 10.8. The van der Waals surface area contributed by atoms with Gasteiger partial charge in [0, 0.05) is 30.6 Å². The van der Waals surface area contributed by atoms with Gasteiger partial charge in [-0.3, -0.25) is 19.2 Å². The molecule has 0 aromatic carbocycles. The standard InChI is InChI=1S/C25H34O8/c1-12-8-16(30-7)22(29)23(4)15(12)9-19-24(5)17(23)10-20(31-13(2)26)25(6,33-14(3)27)18(24)11-21(28)32-19/h8,12,15,17-20H,9-11H2,1-7H3. The molecule has 1 heterocycles. The number of Topliss-reactive ketones (excluding diaryl/α,β-unsaturated/α-hetero) is 1. The first-order valence-electron chi connectivity index (χ1n) is 11.7. The Morgan fingerprint density at radius 3 is 2.30 bits per heavy atom. The maximum atomic E-state index is 13.8. The van der Waals surface area contributed by atoms with Gasteiger partial charge in [-0.05, 0) is 43.6 Å². The number of ketones is 1. The third-order valence-electron chi connectivity index (χ3n) is 9.24. The number of rotatable bonds is 3. The number of fused-ring (bicyclic) bond motifs is 2. The van der Waals surface area contributed by atoms with Crippen LogP contribution in [0.5, 0.6) is 0 Å². The number of allylic oxidation sites excluding steroid dienone is 2. The van der Waals surface area contributed by atoms with Crippen molar-refractivity contribution in [2.75, 3.05) is 7.11 Å². The first-order chi connectivity index (χ1) is 15.3. The molecule has 1 saturated heterocycles. The summed E-state index contributed by atoms with van der Waals surface area (Å²) in [6, 6.07) is 0. The largest absolute Gasteiger partial charge is 0.493 e. The molecule has 0 radical (unpaired) electrons. The van der Waals surface area contributed by atoms with Crippen LogP contribution in [0.2, 0.25) is 0 Å². The van der Waals surface area contributed by atoms with E-state index >= 15 is 0 Å². The summed E-state index contributed by atoms with van der Waals surface area (Å²) in [6.07, 6.45) is 1.47. The fourth-order valence-electron chi connectivity index (χ4n) is 7.84. The van der Waals surface area contributed by atoms with Gasteiger partial charge in [-0.15, -0.1) is 0 Å². The van der Waals surface area contributed by atoms with Crippen LogP contribution in [0.25, 0.3) is 0 Å². The summed E-state index contributed by atoms with van der Waals surface area (Å²) < 4.78 is 23.0. The SMILES string of the molecule is COC1=CC(C)C2CC3OC(=O)CC4C(C)(OC(C)=O)C(OC(C)=O)CC(C2(C)C1=O)C34C. The van der Waals surface area contributed by atoms with Crippen LogP contribution in [-0.2, 0) is 38.1 Å². The van der Waals surface area contributed by atoms with Crippen molar-refractivity contribution in [3.8, 4) is 0 Å². The monoisotopic (exact) mass is 462 g/mol. The zero-order chi connectivity index (χ0) is 24.5. The highest BCUT2D eigenvalue weighted by molar-refractivity contribution is 5.99. The predicted octanol–water partition coefficient (Wildman–Crippen LogP) is 2.97. The number of carbonyl (C=O) groups excluding carboxylic acids is 4. The van der Waals surface area contributed by atoms with Crippen LogP contribution < -0.4 is 0 Å². The minimum absolute atomic E-state index is 0.0164. The Labute approximate surface area is 194 Å². The van der Waals surface area contributed by atoms with E-state index in [1.54, 1.807) is 6.92 Å². The average Bonchev–Trinajstić information content (AvgIpc) is 2.70. The van der Waals surface area contributed by atoms with Crippen molar-refractivity contribution in [2.24, 2.45) is 34.5 Å². The molecule has 2 saturated carbocycles. The number of hydrogen-bond acceptors (Lipinski definition) is 8. The Kier molecular flexibility index (Phi) is 5.45. The van der Waals surface area contributed by atoms with Crippen molar-refractivity contribution in [3.05, 3.63) is 11.8 Å². The van der Waals surface area contributed by atoms with Crippen LogP contribution >= 0.6 is 0 Å². The molecule has 3 fully saturated rings. The second-order valence-electron chi connectivity index (χ2n) is 10.8. The van der Waals surface area contributed by atoms with E-state index in [0.717, 1.165) is 0 Å². The maximum Gasteiger partial charge on any atom is 0.306 e. The van der Waals surface area contributed by atoms with Gasteiger partial charge in [0.15, 0.2) is 5.76 Å². The molecule has 8 nitrogen and oxygen atoms in total. The highest BCUT2D eigenvalue weighted by Crippen LogP contribution is 2.69. The van der Waals surface area contributed by atoms with Crippen LogP contribution in [0.1, 0.15) is 60.8 Å². The van der Waals surface area contributed by atoms with Crippen LogP contribution in [0, 0.1) is 34.5 Å². The number of carbonyl (C=O) groups is 4. The maximum absolute atomic E-state index is 13.8. The van der Waals surface area contributed by atoms with Gasteiger partial charge in [0.2, 0.25) is 5.78 Å². The van der Waals surface area contributed by atoms with E-state index in [-0.39, 0.29) is 35.9 Å². The number of esters is 3. The summed E-state index contributed by atoms with van der Waals surface area (Å²) in [5.41, 5.74) is -2.71. The Hall–Kier alpha value is -2.38. The lowest BCUT2D eigenvalue weighted by Gasteiger charge is -2.68. The van der Waals surface area contributed by atoms with Crippen LogP contribution in [0.3, 0.4) is 0 Å². The number of hydrogen-bond donors (Lipinski definition) is 0. The Morgan fingerprint density at radius 2 is 1.73 bits per heavy atom. The molecule has 0 N–H and O–H groups in total. The van der Waals surface area contributed by atoms with Gasteiger partial charge in [-0.1, -0.05) is 20.8 Å². The molecule has 0 aromatic heterocycles. The van der Waals surface area contributed by atoms with E-state index in [4.69, 9.17) is 18.9 Å². The summed E-state index contributed by atoms with van der Waals surface area (Å²) in [6.45, 7) is 10.4. The van der Waals surface area contributed by atoms with Gasteiger partial charge >= 0.3 is 17.9 Å². The van der Waals surface area contributed by atoms with E-state index in [1.165, 1.54) is 21.0 Å². The van der Waals surface area contributed by atoms with Crippen molar-refractivity contribution < 1.29 is 38.1 Å². The first kappa shape index (κ1) is 23.8. The number of methoxy groups -OCH3 is 1. The van der Waals surface area contributed by atoms with Gasteiger partial charge in [-0.25, -0.2) is 0 Å². The molecule has 182 valence electrons. The second kappa shape index (κ2) is 7.57. The van der Waals surface area contributed by atoms with E-state index in [9.17, 15) is 19.2 Å². The summed E-state index contributed by atoms with van der Waals surface area (Å²) in [7, 11) is 1.50. The van der Waals surface area contributed by atoms with Crippen LogP contribution in [0.15, 0.2) is 11.8 Å². The minimum Gasteiger partial charge on any atom is -0.493 e. The third-order valence-corrected chi connectivity index (χ3v) is 9.24. The Morgan fingerprint density at radius 1 is 1.06 bits per heavy atom. The Bertz CT molecular complexity index is 939. The van der Waals surface area contributed by atoms with Gasteiger partial charge < -0.3 is 18.9 Å². The summed E-state index contributed by atoms with van der Waals surface area (Å²) in [4.78, 5) is 50.8. The fourth-order valence-corrected chi connectivity index (χ4v) is 7.84. The lowest BCUT2D eigenvalue weighted by molar-refractivity contribution is -0.288. The molecule has 8 heteroatoms. The number of ether oxygens (including phenoxy) is 4. The van der Waals surface area contributed by atoms with Crippen molar-refractivity contribution >= 4 is 23.7 Å². The van der Waals surface area contributed by atoms with Crippen molar-refractivity contribution in [3.63, 3.8) is 0 Å². The minimum atomic E-state index is -1.23. The summed E-state index contributed by atoms with van der Waals surface area (Å²) >= 11 is 0. The average molecular weight is 463 g/mol. The lowest BCUT2D eigenvalue weighted by atomic mass is 9.38. The van der Waals surface area contributed by atoms with Crippen molar-refractivity contribution in [2.45, 2.75) is 78.6 Å². The van der Waals surface area contributed by atoms with Crippen LogP contribution in [0.4, 0.5) is 0 Å². The van der Waals surface area contributed by atoms with E-state index < -0.39 is 46.5 Å². The molecule has 0 amide bonds. The van der Waals surface area contributed by atoms with Gasteiger partial charge in [0.1, 0.15) is 17.8 Å². The van der Waals surface area contributed by atoms with Crippen molar-refractivity contribution in [1.82, 2.24) is 0 Å². The fraction of sp³-hybridized carbons (Fsp3) is 0.760. The first-order valence-corrected chi connectivity index (χ1v) is 11.7. The quantitative estimate of drug-likeness (QED) is 0.466. The highest BCUT2D eigenvalue weighted by Gasteiger charge is 2.74. The highest BCUT2D eigenvalue weighted by atomic mass is 16.6. The van der Waals surface area contributed by atoms with Gasteiger partial charge in [0.05, 0.1) is 13.5 Å². The normalized spacial score (nSPS) is 46.2. The molecule has 9 atom stereocenters. The summed E-state index contributed by atoms with van der Waals surface area (Å²) in [5, 5.41) is 0. The molecule has 3 aliphatic carbocycles. The molecular weight excluding hydrogens is 428 g/mol. The molecule has 1 aliphatic heterocycles. The molecule has 4 aliphatic rings. The molecule has 33 heavy (non-hydrogen) atoms. The molecule has 9 unspecified atom stereocenters. The van der Waals surface area contributed by atoms with Gasteiger partial charge in [0.25, 0.3) is 0 Å². The smallest absolute Gasteiger partial charge is 0.306 e. The molecule has 0 aromatic rings. The zero-order valence-electron chi connectivity index (χ0n) is 20.4. The Balaban J connectivity index is 1.92. The molecule has 0 spiro atoms. The lowest BCUT2D eigenvalue weighted by Crippen LogP contribution is -2.74. The van der Waals surface area contributed by atoms with Gasteiger partial charge in [-0.2, -0.15) is 0 Å². The molecule has 4 rings (SSSR count). The predicted molar refractivity (Wildman–Crippen MR) is 115 cm³/mol. The van der Waals surface area contributed by atoms with E-state index in [2.05, 4.69) is 6.92 Å². The molecule has 0 bridgehead atoms. The van der Waals surface area contributed by atoms with E-state index in [0.29, 0.717) is 18.6 Å². The zero-order valence-corrected chi connectivity index (χ0v) is 20.4. The topological polar surface area (TPSA) is 105 Å². The van der Waals surface area contributed by atoms with Crippen LogP contribution in [-0.4, -0.2) is 48.6 Å². The summed E-state index contributed by atoms with van der Waals surface area (Å²) in [5.74, 6) is -1.94. The van der Waals surface area contributed by atoms with E-state index in [1.807, 2.05) is 19.9 Å². The van der Waals surface area contributed by atoms with Crippen molar-refractivity contribution in [1.29, 1.82) is 0 Å². The third kappa shape index (κ3) is 3.16. The molecular formula is C25H34O8.